The second-order valence-electron chi connectivity index (χ2n) is 5.22. The maximum Gasteiger partial charge on any atom is 0.387 e. The number of halogens is 2. The van der Waals surface area contributed by atoms with Gasteiger partial charge in [0.2, 0.25) is 11.1 Å². The fourth-order valence-corrected chi connectivity index (χ4v) is 3.47. The lowest BCUT2D eigenvalue weighted by atomic mass is 10.2. The molecule has 0 bridgehead atoms. The van der Waals surface area contributed by atoms with Crippen molar-refractivity contribution in [2.45, 2.75) is 18.3 Å². The second-order valence-corrected chi connectivity index (χ2v) is 7.20. The highest BCUT2D eigenvalue weighted by atomic mass is 32.2. The molecule has 2 aromatic heterocycles. The Bertz CT molecular complexity index is 885. The van der Waals surface area contributed by atoms with Crippen LogP contribution in [0.25, 0.3) is 11.4 Å². The van der Waals surface area contributed by atoms with Crippen molar-refractivity contribution >= 4 is 29.0 Å². The fourth-order valence-electron chi connectivity index (χ4n) is 2.14. The molecule has 1 amide bonds. The summed E-state index contributed by atoms with van der Waals surface area (Å²) in [5.74, 6) is 6.36. The summed E-state index contributed by atoms with van der Waals surface area (Å²) in [7, 11) is 0. The molecular weight excluding hydrogens is 396 g/mol. The third-order valence-electron chi connectivity index (χ3n) is 3.37. The maximum atomic E-state index is 12.2. The van der Waals surface area contributed by atoms with Crippen molar-refractivity contribution in [3.63, 3.8) is 0 Å². The van der Waals surface area contributed by atoms with Crippen LogP contribution in [0, 0.1) is 0 Å². The van der Waals surface area contributed by atoms with Crippen molar-refractivity contribution in [3.8, 4) is 17.1 Å². The van der Waals surface area contributed by atoms with Crippen molar-refractivity contribution in [1.29, 1.82) is 0 Å². The van der Waals surface area contributed by atoms with Gasteiger partial charge in [0.05, 0.1) is 12.3 Å². The number of amides is 1. The smallest absolute Gasteiger partial charge is 0.387 e. The van der Waals surface area contributed by atoms with Gasteiger partial charge in [-0.3, -0.25) is 4.79 Å². The van der Waals surface area contributed by atoms with Crippen LogP contribution < -0.4 is 15.9 Å². The summed E-state index contributed by atoms with van der Waals surface area (Å²) < 4.78 is 29.9. The number of hydrogen-bond acceptors (Lipinski definition) is 7. The van der Waals surface area contributed by atoms with E-state index in [0.29, 0.717) is 23.1 Å². The van der Waals surface area contributed by atoms with E-state index in [0.717, 1.165) is 16.6 Å². The highest BCUT2D eigenvalue weighted by Crippen LogP contribution is 2.24. The number of hydrogen-bond donors (Lipinski definition) is 2. The number of nitrogens with two attached hydrogens (primary N) is 1. The minimum absolute atomic E-state index is 0.0360. The first-order chi connectivity index (χ1) is 13.0. The van der Waals surface area contributed by atoms with Gasteiger partial charge >= 0.3 is 6.61 Å². The number of carbonyl (C=O) groups is 1. The number of ether oxygens (including phenoxy) is 1. The summed E-state index contributed by atoms with van der Waals surface area (Å²) in [4.78, 5) is 13.0. The van der Waals surface area contributed by atoms with Gasteiger partial charge in [-0.2, -0.15) is 8.78 Å². The molecule has 0 aliphatic carbocycles. The fraction of sp³-hybridized carbons (Fsp3) is 0.188. The third kappa shape index (κ3) is 5.17. The number of aromatic nitrogens is 3. The molecule has 0 spiro atoms. The SMILES string of the molecule is Nn1c(SCC(=O)NCc2cccs2)nnc1-c1ccc(OC(F)F)cc1. The number of thiophene rings is 1. The largest absolute Gasteiger partial charge is 0.435 e. The standard InChI is InChI=1S/C16H15F2N5O2S2/c17-15(18)25-11-5-3-10(4-6-11)14-21-22-16(23(14)19)27-9-13(24)20-8-12-2-1-7-26-12/h1-7,15H,8-9,19H2,(H,20,24). The van der Waals surface area contributed by atoms with Crippen LogP contribution in [0.15, 0.2) is 46.9 Å². The van der Waals surface area contributed by atoms with E-state index in [1.165, 1.54) is 16.8 Å². The maximum absolute atomic E-state index is 12.2. The molecule has 2 heterocycles. The summed E-state index contributed by atoms with van der Waals surface area (Å²) in [6.07, 6.45) is 0. The topological polar surface area (TPSA) is 95.1 Å². The average Bonchev–Trinajstić information content (AvgIpc) is 3.28. The quantitative estimate of drug-likeness (QED) is 0.437. The van der Waals surface area contributed by atoms with E-state index >= 15 is 0 Å². The zero-order chi connectivity index (χ0) is 19.2. The third-order valence-corrected chi connectivity index (χ3v) is 5.19. The van der Waals surface area contributed by atoms with Gasteiger partial charge in [-0.1, -0.05) is 17.8 Å². The monoisotopic (exact) mass is 411 g/mol. The van der Waals surface area contributed by atoms with Gasteiger partial charge in [0.15, 0.2) is 5.82 Å². The number of alkyl halides is 2. The Balaban J connectivity index is 1.57. The molecular formula is C16H15F2N5O2S2. The minimum atomic E-state index is -2.89. The van der Waals surface area contributed by atoms with Crippen LogP contribution in [0.1, 0.15) is 4.88 Å². The van der Waals surface area contributed by atoms with Gasteiger partial charge < -0.3 is 15.9 Å². The van der Waals surface area contributed by atoms with Crippen LogP contribution in [0.2, 0.25) is 0 Å². The van der Waals surface area contributed by atoms with Gasteiger partial charge in [-0.05, 0) is 35.7 Å². The Hall–Kier alpha value is -2.66. The molecule has 0 saturated carbocycles. The average molecular weight is 411 g/mol. The van der Waals surface area contributed by atoms with Gasteiger partial charge in [0, 0.05) is 10.4 Å². The first-order valence-corrected chi connectivity index (χ1v) is 9.57. The van der Waals surface area contributed by atoms with Gasteiger partial charge in [0.25, 0.3) is 0 Å². The molecule has 3 aromatic rings. The predicted molar refractivity (Wildman–Crippen MR) is 99.1 cm³/mol. The van der Waals surface area contributed by atoms with Crippen LogP contribution in [0.4, 0.5) is 8.78 Å². The molecule has 0 radical (unpaired) electrons. The van der Waals surface area contributed by atoms with Gasteiger partial charge in [-0.25, -0.2) is 4.68 Å². The predicted octanol–water partition coefficient (Wildman–Crippen LogP) is 2.73. The number of nitrogen functional groups attached to an aromatic ring is 1. The highest BCUT2D eigenvalue weighted by Gasteiger charge is 2.14. The van der Waals surface area contributed by atoms with Crippen molar-refractivity contribution < 1.29 is 18.3 Å². The summed E-state index contributed by atoms with van der Waals surface area (Å²) in [6, 6.07) is 9.74. The number of thioether (sulfide) groups is 1. The Kier molecular flexibility index (Phi) is 6.24. The lowest BCUT2D eigenvalue weighted by Gasteiger charge is -2.06. The summed E-state index contributed by atoms with van der Waals surface area (Å²) in [5, 5.41) is 13.1. The van der Waals surface area contributed by atoms with Crippen LogP contribution >= 0.6 is 23.1 Å². The number of nitrogens with zero attached hydrogens (tertiary/aromatic N) is 3. The van der Waals surface area contributed by atoms with E-state index in [1.807, 2.05) is 17.5 Å². The Morgan fingerprint density at radius 1 is 1.30 bits per heavy atom. The van der Waals surface area contributed by atoms with Crippen molar-refractivity contribution in [2.75, 3.05) is 11.6 Å². The molecule has 0 aliphatic rings. The molecule has 27 heavy (non-hydrogen) atoms. The first kappa shape index (κ1) is 19.1. The van der Waals surface area contributed by atoms with Crippen molar-refractivity contribution in [2.24, 2.45) is 0 Å². The van der Waals surface area contributed by atoms with Crippen LogP contribution in [0.5, 0.6) is 5.75 Å². The van der Waals surface area contributed by atoms with E-state index in [4.69, 9.17) is 5.84 Å². The van der Waals surface area contributed by atoms with Gasteiger partial charge in [-0.15, -0.1) is 21.5 Å². The summed E-state index contributed by atoms with van der Waals surface area (Å²) in [5.41, 5.74) is 0.584. The molecule has 3 rings (SSSR count). The first-order valence-electron chi connectivity index (χ1n) is 7.70. The van der Waals surface area contributed by atoms with Crippen molar-refractivity contribution in [1.82, 2.24) is 20.2 Å². The normalized spacial score (nSPS) is 10.9. The molecule has 142 valence electrons. The molecule has 0 aliphatic heterocycles. The Morgan fingerprint density at radius 3 is 2.74 bits per heavy atom. The zero-order valence-electron chi connectivity index (χ0n) is 13.8. The molecule has 7 nitrogen and oxygen atoms in total. The molecule has 11 heteroatoms. The van der Waals surface area contributed by atoms with E-state index in [2.05, 4.69) is 20.3 Å². The van der Waals surface area contributed by atoms with E-state index in [-0.39, 0.29) is 17.4 Å². The second kappa shape index (κ2) is 8.82. The van der Waals surface area contributed by atoms with E-state index in [9.17, 15) is 13.6 Å². The van der Waals surface area contributed by atoms with Crippen LogP contribution in [-0.2, 0) is 11.3 Å². The lowest BCUT2D eigenvalue weighted by molar-refractivity contribution is -0.118. The summed E-state index contributed by atoms with van der Waals surface area (Å²) >= 11 is 2.72. The molecule has 1 aromatic carbocycles. The summed E-state index contributed by atoms with van der Waals surface area (Å²) in [6.45, 7) is -2.41. The molecule has 3 N–H and O–H groups in total. The number of benzene rings is 1. The van der Waals surface area contributed by atoms with E-state index in [1.54, 1.807) is 23.5 Å². The van der Waals surface area contributed by atoms with Gasteiger partial charge in [0.1, 0.15) is 5.75 Å². The van der Waals surface area contributed by atoms with Crippen LogP contribution in [0.3, 0.4) is 0 Å². The minimum Gasteiger partial charge on any atom is -0.435 e. The number of carbonyl (C=O) groups excluding carboxylic acids is 1. The lowest BCUT2D eigenvalue weighted by Crippen LogP contribution is -2.24. The van der Waals surface area contributed by atoms with Crippen LogP contribution in [-0.4, -0.2) is 33.1 Å². The molecule has 0 saturated heterocycles. The highest BCUT2D eigenvalue weighted by molar-refractivity contribution is 7.99. The molecule has 0 unspecified atom stereocenters. The Morgan fingerprint density at radius 2 is 2.07 bits per heavy atom. The Labute approximate surface area is 161 Å². The number of nitrogens with one attached hydrogen (secondary N) is 1. The number of rotatable bonds is 8. The molecule has 0 fully saturated rings. The van der Waals surface area contributed by atoms with E-state index < -0.39 is 6.61 Å². The molecule has 0 atom stereocenters. The zero-order valence-corrected chi connectivity index (χ0v) is 15.5. The van der Waals surface area contributed by atoms with Crippen molar-refractivity contribution in [3.05, 3.63) is 46.7 Å².